The number of likely N-dealkylation sites (tertiary alicyclic amines) is 1. The van der Waals surface area contributed by atoms with E-state index in [0.717, 1.165) is 18.9 Å². The van der Waals surface area contributed by atoms with Crippen molar-refractivity contribution in [2.45, 2.75) is 25.7 Å². The molecule has 1 N–H and O–H groups in total. The standard InChI is InChI=1S/C15H17ClFNO3/c16-11-4-5-12(13(17)8-11)15(21)18-7-1-2-10(9-18)3-6-14(19)20/h4-5,8,10H,1-3,6-7,9H2,(H,19,20)/t10-/m0/s1. The molecule has 1 aliphatic rings. The molecule has 1 amide bonds. The van der Waals surface area contributed by atoms with E-state index >= 15 is 0 Å². The lowest BCUT2D eigenvalue weighted by atomic mass is 9.93. The number of benzene rings is 1. The highest BCUT2D eigenvalue weighted by Gasteiger charge is 2.26. The molecule has 1 fully saturated rings. The Kier molecular flexibility index (Phi) is 5.17. The zero-order valence-corrected chi connectivity index (χ0v) is 12.3. The Morgan fingerprint density at radius 2 is 2.19 bits per heavy atom. The molecule has 1 aromatic rings. The van der Waals surface area contributed by atoms with Crippen molar-refractivity contribution in [2.24, 2.45) is 5.92 Å². The minimum Gasteiger partial charge on any atom is -0.481 e. The van der Waals surface area contributed by atoms with E-state index in [1.54, 1.807) is 4.90 Å². The molecule has 2 rings (SSSR count). The Hall–Kier alpha value is -1.62. The van der Waals surface area contributed by atoms with Gasteiger partial charge in [-0.1, -0.05) is 11.6 Å². The van der Waals surface area contributed by atoms with Crippen molar-refractivity contribution in [1.82, 2.24) is 4.90 Å². The quantitative estimate of drug-likeness (QED) is 0.928. The summed E-state index contributed by atoms with van der Waals surface area (Å²) in [7, 11) is 0. The average Bonchev–Trinajstić information content (AvgIpc) is 2.45. The summed E-state index contributed by atoms with van der Waals surface area (Å²) < 4.78 is 13.8. The predicted octanol–water partition coefficient (Wildman–Crippen LogP) is 3.20. The van der Waals surface area contributed by atoms with E-state index < -0.39 is 11.8 Å². The Morgan fingerprint density at radius 3 is 2.86 bits per heavy atom. The molecule has 0 unspecified atom stereocenters. The predicted molar refractivity (Wildman–Crippen MR) is 76.9 cm³/mol. The fourth-order valence-corrected chi connectivity index (χ4v) is 2.80. The fraction of sp³-hybridized carbons (Fsp3) is 0.467. The molecule has 0 radical (unpaired) electrons. The molecule has 114 valence electrons. The van der Waals surface area contributed by atoms with Crippen LogP contribution in [0, 0.1) is 11.7 Å². The lowest BCUT2D eigenvalue weighted by Crippen LogP contribution is -2.40. The third-order valence-electron chi connectivity index (χ3n) is 3.73. The minimum atomic E-state index is -0.831. The topological polar surface area (TPSA) is 57.6 Å². The number of piperidine rings is 1. The number of carbonyl (C=O) groups excluding carboxylic acids is 1. The molecule has 0 aromatic heterocycles. The molecular formula is C15H17ClFNO3. The average molecular weight is 314 g/mol. The number of halogens is 2. The van der Waals surface area contributed by atoms with E-state index in [1.807, 2.05) is 0 Å². The lowest BCUT2D eigenvalue weighted by molar-refractivity contribution is -0.137. The van der Waals surface area contributed by atoms with Crippen LogP contribution in [0.1, 0.15) is 36.0 Å². The minimum absolute atomic E-state index is 0.0123. The van der Waals surface area contributed by atoms with Gasteiger partial charge in [-0.2, -0.15) is 0 Å². The van der Waals surface area contributed by atoms with Crippen LogP contribution in [0.5, 0.6) is 0 Å². The van der Waals surface area contributed by atoms with Crippen molar-refractivity contribution in [3.63, 3.8) is 0 Å². The van der Waals surface area contributed by atoms with Gasteiger partial charge in [0.15, 0.2) is 0 Å². The van der Waals surface area contributed by atoms with Crippen LogP contribution in [-0.4, -0.2) is 35.0 Å². The summed E-state index contributed by atoms with van der Waals surface area (Å²) in [5.41, 5.74) is 0.0123. The van der Waals surface area contributed by atoms with Gasteiger partial charge in [-0.3, -0.25) is 9.59 Å². The van der Waals surface area contributed by atoms with Crippen LogP contribution in [0.2, 0.25) is 5.02 Å². The number of carbonyl (C=O) groups is 2. The van der Waals surface area contributed by atoms with Crippen LogP contribution in [-0.2, 0) is 4.79 Å². The molecule has 1 heterocycles. The first-order valence-electron chi connectivity index (χ1n) is 6.93. The second-order valence-corrected chi connectivity index (χ2v) is 5.75. The molecule has 1 aromatic carbocycles. The maximum absolute atomic E-state index is 13.8. The molecular weight excluding hydrogens is 297 g/mol. The Morgan fingerprint density at radius 1 is 1.43 bits per heavy atom. The van der Waals surface area contributed by atoms with Gasteiger partial charge in [-0.15, -0.1) is 0 Å². The summed E-state index contributed by atoms with van der Waals surface area (Å²) in [6.07, 6.45) is 2.36. The number of aliphatic carboxylic acids is 1. The van der Waals surface area contributed by atoms with Crippen LogP contribution in [0.15, 0.2) is 18.2 Å². The molecule has 1 aliphatic heterocycles. The third-order valence-corrected chi connectivity index (χ3v) is 3.97. The summed E-state index contributed by atoms with van der Waals surface area (Å²) in [6.45, 7) is 1.05. The van der Waals surface area contributed by atoms with Gasteiger partial charge >= 0.3 is 5.97 Å². The maximum Gasteiger partial charge on any atom is 0.303 e. The molecule has 1 saturated heterocycles. The third kappa shape index (κ3) is 4.17. The molecule has 21 heavy (non-hydrogen) atoms. The first kappa shape index (κ1) is 15.8. The van der Waals surface area contributed by atoms with Crippen LogP contribution in [0.3, 0.4) is 0 Å². The van der Waals surface area contributed by atoms with E-state index in [-0.39, 0.29) is 28.8 Å². The maximum atomic E-state index is 13.8. The number of carboxylic acid groups (broad SMARTS) is 1. The highest BCUT2D eigenvalue weighted by atomic mass is 35.5. The van der Waals surface area contributed by atoms with Crippen LogP contribution < -0.4 is 0 Å². The summed E-state index contributed by atoms with van der Waals surface area (Å²) in [5.74, 6) is -1.65. The van der Waals surface area contributed by atoms with Gasteiger partial charge in [0.25, 0.3) is 5.91 Å². The molecule has 0 aliphatic carbocycles. The van der Waals surface area contributed by atoms with Gasteiger partial charge in [-0.25, -0.2) is 4.39 Å². The van der Waals surface area contributed by atoms with E-state index in [1.165, 1.54) is 12.1 Å². The van der Waals surface area contributed by atoms with Gasteiger partial charge < -0.3 is 10.0 Å². The Balaban J connectivity index is 2.03. The van der Waals surface area contributed by atoms with Crippen molar-refractivity contribution in [2.75, 3.05) is 13.1 Å². The van der Waals surface area contributed by atoms with E-state index in [2.05, 4.69) is 0 Å². The number of carboxylic acids is 1. The van der Waals surface area contributed by atoms with Crippen molar-refractivity contribution in [3.05, 3.63) is 34.6 Å². The second-order valence-electron chi connectivity index (χ2n) is 5.32. The zero-order chi connectivity index (χ0) is 15.4. The van der Waals surface area contributed by atoms with Gasteiger partial charge in [0.1, 0.15) is 5.82 Å². The number of nitrogens with zero attached hydrogens (tertiary/aromatic N) is 1. The second kappa shape index (κ2) is 6.89. The smallest absolute Gasteiger partial charge is 0.303 e. The first-order valence-corrected chi connectivity index (χ1v) is 7.31. The SMILES string of the molecule is O=C(O)CC[C@@H]1CCCN(C(=O)c2ccc(Cl)cc2F)C1. The number of rotatable bonds is 4. The van der Waals surface area contributed by atoms with E-state index in [0.29, 0.717) is 19.5 Å². The largest absolute Gasteiger partial charge is 0.481 e. The first-order chi connectivity index (χ1) is 9.97. The highest BCUT2D eigenvalue weighted by Crippen LogP contribution is 2.24. The number of amides is 1. The van der Waals surface area contributed by atoms with E-state index in [9.17, 15) is 14.0 Å². The molecule has 1 atom stereocenters. The molecule has 6 heteroatoms. The number of hydrogen-bond donors (Lipinski definition) is 1. The molecule has 0 spiro atoms. The Labute approximate surface area is 127 Å². The summed E-state index contributed by atoms with van der Waals surface area (Å²) in [5, 5.41) is 8.97. The van der Waals surface area contributed by atoms with E-state index in [4.69, 9.17) is 16.7 Å². The van der Waals surface area contributed by atoms with Gasteiger partial charge in [0, 0.05) is 24.5 Å². The van der Waals surface area contributed by atoms with Crippen LogP contribution >= 0.6 is 11.6 Å². The van der Waals surface area contributed by atoms with Gasteiger partial charge in [0.05, 0.1) is 5.56 Å². The molecule has 0 saturated carbocycles. The summed E-state index contributed by atoms with van der Waals surface area (Å²) in [4.78, 5) is 24.6. The van der Waals surface area contributed by atoms with Gasteiger partial charge in [0.2, 0.25) is 0 Å². The summed E-state index contributed by atoms with van der Waals surface area (Å²) in [6, 6.07) is 4.01. The van der Waals surface area contributed by atoms with Crippen molar-refractivity contribution < 1.29 is 19.1 Å². The summed E-state index contributed by atoms with van der Waals surface area (Å²) >= 11 is 5.68. The van der Waals surface area contributed by atoms with Crippen LogP contribution in [0.25, 0.3) is 0 Å². The monoisotopic (exact) mass is 313 g/mol. The van der Waals surface area contributed by atoms with Crippen molar-refractivity contribution in [3.8, 4) is 0 Å². The Bertz CT molecular complexity index is 550. The zero-order valence-electron chi connectivity index (χ0n) is 11.5. The number of hydrogen-bond acceptors (Lipinski definition) is 2. The fourth-order valence-electron chi connectivity index (χ4n) is 2.65. The highest BCUT2D eigenvalue weighted by molar-refractivity contribution is 6.30. The molecule has 0 bridgehead atoms. The van der Waals surface area contributed by atoms with Crippen molar-refractivity contribution >= 4 is 23.5 Å². The van der Waals surface area contributed by atoms with Crippen LogP contribution in [0.4, 0.5) is 4.39 Å². The van der Waals surface area contributed by atoms with Gasteiger partial charge in [-0.05, 0) is 43.4 Å². The normalized spacial score (nSPS) is 18.6. The lowest BCUT2D eigenvalue weighted by Gasteiger charge is -2.32. The van der Waals surface area contributed by atoms with Crippen molar-refractivity contribution in [1.29, 1.82) is 0 Å². The molecule has 4 nitrogen and oxygen atoms in total.